The van der Waals surface area contributed by atoms with Crippen LogP contribution in [0, 0.1) is 11.6 Å². The van der Waals surface area contributed by atoms with Gasteiger partial charge in [-0.15, -0.1) is 0 Å². The minimum atomic E-state index is -4.11. The van der Waals surface area contributed by atoms with Crippen LogP contribution in [0.3, 0.4) is 0 Å². The number of hydrogen-bond donors (Lipinski definition) is 1. The van der Waals surface area contributed by atoms with E-state index in [-0.39, 0.29) is 24.7 Å². The molecule has 0 aliphatic heterocycles. The Balaban J connectivity index is 2.08. The zero-order chi connectivity index (χ0) is 29.4. The summed E-state index contributed by atoms with van der Waals surface area (Å²) in [6, 6.07) is 17.3. The van der Waals surface area contributed by atoms with E-state index in [0.29, 0.717) is 27.4 Å². The van der Waals surface area contributed by atoms with Crippen LogP contribution in [0.15, 0.2) is 72.8 Å². The monoisotopic (exact) mass is 591 g/mol. The van der Waals surface area contributed by atoms with Crippen molar-refractivity contribution in [3.05, 3.63) is 101 Å². The van der Waals surface area contributed by atoms with Crippen molar-refractivity contribution in [3.63, 3.8) is 0 Å². The summed E-state index contributed by atoms with van der Waals surface area (Å²) in [5.41, 5.74) is 1.10. The highest BCUT2D eigenvalue weighted by atomic mass is 35.5. The molecule has 0 spiro atoms. The van der Waals surface area contributed by atoms with Crippen LogP contribution >= 0.6 is 11.6 Å². The first-order valence-electron chi connectivity index (χ1n) is 12.7. The summed E-state index contributed by atoms with van der Waals surface area (Å²) in [7, 11) is -4.11. The molecule has 2 atom stereocenters. The number of benzene rings is 3. The first kappa shape index (κ1) is 31.0. The second-order valence-electron chi connectivity index (χ2n) is 9.50. The van der Waals surface area contributed by atoms with Gasteiger partial charge < -0.3 is 10.2 Å². The van der Waals surface area contributed by atoms with Crippen molar-refractivity contribution < 1.29 is 26.8 Å². The number of rotatable bonds is 12. The fourth-order valence-electron chi connectivity index (χ4n) is 4.06. The van der Waals surface area contributed by atoms with Gasteiger partial charge in [0.05, 0.1) is 11.9 Å². The number of nitrogens with one attached hydrogen (secondary N) is 1. The highest BCUT2D eigenvalue weighted by Gasteiger charge is 2.34. The van der Waals surface area contributed by atoms with Gasteiger partial charge in [-0.25, -0.2) is 17.2 Å². The lowest BCUT2D eigenvalue weighted by molar-refractivity contribution is -0.140. The molecule has 3 aromatic rings. The molecule has 0 bridgehead atoms. The van der Waals surface area contributed by atoms with Gasteiger partial charge in [0.25, 0.3) is 0 Å². The smallest absolute Gasteiger partial charge is 0.244 e. The van der Waals surface area contributed by atoms with Crippen molar-refractivity contribution in [2.24, 2.45) is 0 Å². The number of amides is 2. The summed E-state index contributed by atoms with van der Waals surface area (Å²) in [4.78, 5) is 28.9. The third-order valence-electron chi connectivity index (χ3n) is 6.44. The highest BCUT2D eigenvalue weighted by Crippen LogP contribution is 2.24. The van der Waals surface area contributed by atoms with Gasteiger partial charge in [0.15, 0.2) is 11.6 Å². The minimum Gasteiger partial charge on any atom is -0.352 e. The fraction of sp³-hybridized carbons (Fsp3) is 0.310. The Kier molecular flexibility index (Phi) is 10.6. The summed E-state index contributed by atoms with van der Waals surface area (Å²) in [5, 5.41) is 3.29. The molecule has 0 aliphatic rings. The molecule has 214 valence electrons. The van der Waals surface area contributed by atoms with Crippen LogP contribution < -0.4 is 9.62 Å². The minimum absolute atomic E-state index is 0.0979. The Bertz CT molecular complexity index is 1440. The van der Waals surface area contributed by atoms with E-state index in [4.69, 9.17) is 11.6 Å². The van der Waals surface area contributed by atoms with E-state index in [9.17, 15) is 26.8 Å². The number of anilines is 1. The van der Waals surface area contributed by atoms with Gasteiger partial charge in [-0.2, -0.15) is 0 Å². The Morgan fingerprint density at radius 2 is 1.62 bits per heavy atom. The molecule has 3 aromatic carbocycles. The second-order valence-corrected chi connectivity index (χ2v) is 11.8. The standard InChI is InChI=1S/C29H32ClF2N3O4S/c1-4-20(2)33-29(37)27(16-21-10-6-5-7-11-21)34(18-22-12-8-9-13-24(22)30)28(36)19-35(40(3,38)39)23-14-15-25(31)26(32)17-23/h5-15,17,20,27H,4,16,18-19H2,1-3H3,(H,33,37)/t20-,27+/m0/s1. The summed E-state index contributed by atoms with van der Waals surface area (Å²) >= 11 is 6.41. The van der Waals surface area contributed by atoms with Gasteiger partial charge in [-0.1, -0.05) is 67.1 Å². The fourth-order valence-corrected chi connectivity index (χ4v) is 5.10. The maximum atomic E-state index is 14.0. The Morgan fingerprint density at radius 1 is 0.975 bits per heavy atom. The topological polar surface area (TPSA) is 86.8 Å². The predicted molar refractivity (Wildman–Crippen MR) is 152 cm³/mol. The molecule has 0 fully saturated rings. The third-order valence-corrected chi connectivity index (χ3v) is 7.95. The van der Waals surface area contributed by atoms with Crippen LogP contribution in [0.25, 0.3) is 0 Å². The van der Waals surface area contributed by atoms with Gasteiger partial charge >= 0.3 is 0 Å². The molecule has 0 saturated carbocycles. The lowest BCUT2D eigenvalue weighted by Crippen LogP contribution is -2.54. The van der Waals surface area contributed by atoms with Crippen LogP contribution in [0.4, 0.5) is 14.5 Å². The van der Waals surface area contributed by atoms with E-state index in [1.807, 2.05) is 44.2 Å². The zero-order valence-corrected chi connectivity index (χ0v) is 24.1. The van der Waals surface area contributed by atoms with Gasteiger partial charge in [-0.05, 0) is 42.7 Å². The van der Waals surface area contributed by atoms with Gasteiger partial charge in [-0.3, -0.25) is 13.9 Å². The summed E-state index contributed by atoms with van der Waals surface area (Å²) in [6.45, 7) is 2.90. The molecule has 2 amide bonds. The average Bonchev–Trinajstić information content (AvgIpc) is 2.91. The van der Waals surface area contributed by atoms with Crippen molar-refractivity contribution in [1.82, 2.24) is 10.2 Å². The van der Waals surface area contributed by atoms with Crippen LogP contribution in [0.5, 0.6) is 0 Å². The SMILES string of the molecule is CC[C@H](C)NC(=O)[C@@H](Cc1ccccc1)N(Cc1ccccc1Cl)C(=O)CN(c1ccc(F)c(F)c1)S(C)(=O)=O. The number of carbonyl (C=O) groups excluding carboxylic acids is 2. The molecule has 11 heteroatoms. The summed E-state index contributed by atoms with van der Waals surface area (Å²) < 4.78 is 53.7. The number of sulfonamides is 1. The molecule has 3 rings (SSSR count). The maximum absolute atomic E-state index is 14.0. The van der Waals surface area contributed by atoms with Crippen LogP contribution in [0.1, 0.15) is 31.4 Å². The zero-order valence-electron chi connectivity index (χ0n) is 22.5. The molecule has 0 aliphatic carbocycles. The predicted octanol–water partition coefficient (Wildman–Crippen LogP) is 4.94. The molecule has 0 unspecified atom stereocenters. The number of nitrogens with zero attached hydrogens (tertiary/aromatic N) is 2. The Labute approximate surface area is 238 Å². The summed E-state index contributed by atoms with van der Waals surface area (Å²) in [5.74, 6) is -3.57. The van der Waals surface area contributed by atoms with Crippen molar-refractivity contribution in [2.75, 3.05) is 17.1 Å². The summed E-state index contributed by atoms with van der Waals surface area (Å²) in [6.07, 6.45) is 1.65. The number of hydrogen-bond acceptors (Lipinski definition) is 4. The molecular formula is C29H32ClF2N3O4S. The van der Waals surface area contributed by atoms with E-state index >= 15 is 0 Å². The van der Waals surface area contributed by atoms with E-state index in [1.165, 1.54) is 4.90 Å². The molecule has 7 nitrogen and oxygen atoms in total. The van der Waals surface area contributed by atoms with Gasteiger partial charge in [0.2, 0.25) is 21.8 Å². The maximum Gasteiger partial charge on any atom is 0.244 e. The van der Waals surface area contributed by atoms with E-state index in [0.717, 1.165) is 24.0 Å². The Morgan fingerprint density at radius 3 is 2.23 bits per heavy atom. The molecule has 40 heavy (non-hydrogen) atoms. The largest absolute Gasteiger partial charge is 0.352 e. The number of halogens is 3. The van der Waals surface area contributed by atoms with E-state index in [2.05, 4.69) is 5.32 Å². The first-order valence-corrected chi connectivity index (χ1v) is 14.9. The molecule has 0 radical (unpaired) electrons. The lowest BCUT2D eigenvalue weighted by Gasteiger charge is -2.34. The van der Waals surface area contributed by atoms with Crippen molar-refractivity contribution >= 4 is 39.1 Å². The van der Waals surface area contributed by atoms with Crippen LogP contribution in [-0.2, 0) is 32.6 Å². The first-order chi connectivity index (χ1) is 18.9. The Hall–Kier alpha value is -3.50. The molecule has 0 saturated heterocycles. The van der Waals surface area contributed by atoms with Crippen molar-refractivity contribution in [1.29, 1.82) is 0 Å². The molecular weight excluding hydrogens is 560 g/mol. The number of carbonyl (C=O) groups is 2. The van der Waals surface area contributed by atoms with E-state index < -0.39 is 46.1 Å². The average molecular weight is 592 g/mol. The highest BCUT2D eigenvalue weighted by molar-refractivity contribution is 7.92. The molecule has 1 N–H and O–H groups in total. The van der Waals surface area contributed by atoms with E-state index in [1.54, 1.807) is 24.3 Å². The van der Waals surface area contributed by atoms with Gasteiger partial charge in [0.1, 0.15) is 12.6 Å². The van der Waals surface area contributed by atoms with Crippen molar-refractivity contribution in [2.45, 2.75) is 45.3 Å². The second kappa shape index (κ2) is 13.7. The lowest BCUT2D eigenvalue weighted by atomic mass is 10.0. The van der Waals surface area contributed by atoms with Crippen LogP contribution in [-0.4, -0.2) is 50.0 Å². The van der Waals surface area contributed by atoms with Crippen molar-refractivity contribution in [3.8, 4) is 0 Å². The van der Waals surface area contributed by atoms with Gasteiger partial charge in [0, 0.05) is 30.1 Å². The molecule has 0 heterocycles. The third kappa shape index (κ3) is 8.25. The molecule has 0 aromatic heterocycles. The van der Waals surface area contributed by atoms with Crippen LogP contribution in [0.2, 0.25) is 5.02 Å². The quantitative estimate of drug-likeness (QED) is 0.323. The normalized spacial score (nSPS) is 12.8.